The summed E-state index contributed by atoms with van der Waals surface area (Å²) in [4.78, 5) is 16.2. The van der Waals surface area contributed by atoms with Crippen molar-refractivity contribution in [3.8, 4) is 17.1 Å². The number of ether oxygens (including phenoxy) is 1. The van der Waals surface area contributed by atoms with Crippen LogP contribution in [0.5, 0.6) is 5.75 Å². The molecule has 2 heterocycles. The zero-order valence-corrected chi connectivity index (χ0v) is 13.9. The van der Waals surface area contributed by atoms with E-state index in [9.17, 15) is 4.79 Å². The Bertz CT molecular complexity index is 878. The Kier molecular flexibility index (Phi) is 4.94. The van der Waals surface area contributed by atoms with E-state index < -0.39 is 0 Å². The molecule has 25 heavy (non-hydrogen) atoms. The highest BCUT2D eigenvalue weighted by molar-refractivity contribution is 5.91. The first-order chi connectivity index (χ1) is 12.1. The zero-order chi connectivity index (χ0) is 17.6. The number of methoxy groups -OCH3 is 1. The molecule has 0 bridgehead atoms. The second kappa shape index (κ2) is 7.48. The van der Waals surface area contributed by atoms with Crippen molar-refractivity contribution in [1.82, 2.24) is 20.5 Å². The number of aromatic amines is 1. The highest BCUT2D eigenvalue weighted by atomic mass is 16.5. The highest BCUT2D eigenvalue weighted by Gasteiger charge is 2.07. The van der Waals surface area contributed by atoms with Crippen molar-refractivity contribution in [3.63, 3.8) is 0 Å². The Labute approximate surface area is 144 Å². The lowest BCUT2D eigenvalue weighted by atomic mass is 10.2. The van der Waals surface area contributed by atoms with Crippen LogP contribution in [0.3, 0.4) is 0 Å². The van der Waals surface area contributed by atoms with Crippen LogP contribution in [-0.2, 0) is 11.3 Å². The molecule has 0 unspecified atom stereocenters. The van der Waals surface area contributed by atoms with Crippen LogP contribution in [0.2, 0.25) is 0 Å². The second-order valence-corrected chi connectivity index (χ2v) is 5.33. The molecule has 7 heteroatoms. The molecule has 3 rings (SSSR count). The molecule has 0 aliphatic carbocycles. The topological polar surface area (TPSA) is 93.0 Å². The molecule has 128 valence electrons. The monoisotopic (exact) mass is 338 g/mol. The molecule has 0 aliphatic rings. The number of rotatable bonds is 6. The maximum atomic E-state index is 11.8. The quantitative estimate of drug-likeness (QED) is 0.674. The van der Waals surface area contributed by atoms with Gasteiger partial charge in [-0.3, -0.25) is 9.89 Å². The molecule has 0 aliphatic heterocycles. The van der Waals surface area contributed by atoms with Crippen LogP contribution in [-0.4, -0.2) is 28.2 Å². The number of H-pyrrole nitrogens is 1. The summed E-state index contributed by atoms with van der Waals surface area (Å²) in [7, 11) is 1.62. The van der Waals surface area contributed by atoms with Gasteiger partial charge in [0.05, 0.1) is 13.7 Å². The van der Waals surface area contributed by atoms with Gasteiger partial charge in [-0.2, -0.15) is 5.10 Å². The van der Waals surface area contributed by atoms with Crippen molar-refractivity contribution in [3.05, 3.63) is 59.8 Å². The first-order valence-electron chi connectivity index (χ1n) is 7.72. The summed E-state index contributed by atoms with van der Waals surface area (Å²) in [5.74, 6) is 3.10. The van der Waals surface area contributed by atoms with Crippen molar-refractivity contribution in [2.45, 2.75) is 13.5 Å². The first-order valence-corrected chi connectivity index (χ1v) is 7.72. The average molecular weight is 338 g/mol. The minimum atomic E-state index is -0.239. The molecule has 3 aromatic rings. The van der Waals surface area contributed by atoms with Gasteiger partial charge >= 0.3 is 0 Å². The predicted octanol–water partition coefficient (Wildman–Crippen LogP) is 2.71. The number of carbonyl (C=O) groups is 1. The second-order valence-electron chi connectivity index (χ2n) is 5.33. The number of benzene rings is 1. The number of amides is 1. The Morgan fingerprint density at radius 1 is 1.28 bits per heavy atom. The number of hydrogen-bond donors (Lipinski definition) is 2. The van der Waals surface area contributed by atoms with Gasteiger partial charge in [0.25, 0.3) is 0 Å². The number of hydrogen-bond acceptors (Lipinski definition) is 5. The predicted molar refractivity (Wildman–Crippen MR) is 92.7 cm³/mol. The lowest BCUT2D eigenvalue weighted by Gasteiger charge is -1.99. The van der Waals surface area contributed by atoms with E-state index in [4.69, 9.17) is 9.15 Å². The van der Waals surface area contributed by atoms with Crippen LogP contribution in [0.25, 0.3) is 17.5 Å². The molecule has 0 radical (unpaired) electrons. The van der Waals surface area contributed by atoms with Crippen molar-refractivity contribution in [2.24, 2.45) is 0 Å². The van der Waals surface area contributed by atoms with Gasteiger partial charge < -0.3 is 14.5 Å². The molecule has 1 amide bonds. The van der Waals surface area contributed by atoms with Gasteiger partial charge in [-0.1, -0.05) is 0 Å². The molecule has 0 spiro atoms. The van der Waals surface area contributed by atoms with E-state index in [2.05, 4.69) is 20.5 Å². The van der Waals surface area contributed by atoms with E-state index in [1.807, 2.05) is 37.3 Å². The van der Waals surface area contributed by atoms with Gasteiger partial charge in [0.2, 0.25) is 5.91 Å². The third-order valence-electron chi connectivity index (χ3n) is 3.47. The van der Waals surface area contributed by atoms with Crippen LogP contribution in [0, 0.1) is 6.92 Å². The molecular weight excluding hydrogens is 320 g/mol. The van der Waals surface area contributed by atoms with E-state index in [0.29, 0.717) is 17.4 Å². The normalized spacial score (nSPS) is 11.0. The number of aryl methyl sites for hydroxylation is 1. The van der Waals surface area contributed by atoms with E-state index in [-0.39, 0.29) is 12.5 Å². The van der Waals surface area contributed by atoms with E-state index in [1.54, 1.807) is 19.3 Å². The average Bonchev–Trinajstić information content (AvgIpc) is 3.27. The third-order valence-corrected chi connectivity index (χ3v) is 3.47. The summed E-state index contributed by atoms with van der Waals surface area (Å²) in [6.45, 7) is 2.10. The van der Waals surface area contributed by atoms with Crippen LogP contribution >= 0.6 is 0 Å². The number of aromatic nitrogens is 3. The summed E-state index contributed by atoms with van der Waals surface area (Å²) in [6.07, 6.45) is 3.03. The lowest BCUT2D eigenvalue weighted by molar-refractivity contribution is -0.116. The fourth-order valence-electron chi connectivity index (χ4n) is 2.17. The van der Waals surface area contributed by atoms with E-state index >= 15 is 0 Å². The Hall–Kier alpha value is -3.35. The van der Waals surface area contributed by atoms with Crippen LogP contribution in [0.4, 0.5) is 0 Å². The summed E-state index contributed by atoms with van der Waals surface area (Å²) >= 11 is 0. The minimum absolute atomic E-state index is 0.239. The molecule has 0 saturated heterocycles. The SMILES string of the molecule is COc1ccc(-c2n[nH]c(CNC(=O)/C=C\c3ccc(C)o3)n2)cc1. The molecule has 2 N–H and O–H groups in total. The molecule has 7 nitrogen and oxygen atoms in total. The third kappa shape index (κ3) is 4.35. The number of carbonyl (C=O) groups excluding carboxylic acids is 1. The summed E-state index contributed by atoms with van der Waals surface area (Å²) in [6, 6.07) is 11.1. The van der Waals surface area contributed by atoms with Crippen molar-refractivity contribution >= 4 is 12.0 Å². The Morgan fingerprint density at radius 3 is 2.76 bits per heavy atom. The summed E-state index contributed by atoms with van der Waals surface area (Å²) < 4.78 is 10.5. The fraction of sp³-hybridized carbons (Fsp3) is 0.167. The largest absolute Gasteiger partial charge is 0.497 e. The van der Waals surface area contributed by atoms with Crippen molar-refractivity contribution < 1.29 is 13.9 Å². The van der Waals surface area contributed by atoms with Gasteiger partial charge in [-0.15, -0.1) is 0 Å². The lowest BCUT2D eigenvalue weighted by Crippen LogP contribution is -2.20. The highest BCUT2D eigenvalue weighted by Crippen LogP contribution is 2.18. The summed E-state index contributed by atoms with van der Waals surface area (Å²) in [5.41, 5.74) is 0.864. The first kappa shape index (κ1) is 16.5. The standard InChI is InChI=1S/C18H18N4O3/c1-12-3-6-15(25-12)9-10-17(23)19-11-16-20-18(22-21-16)13-4-7-14(24-2)8-5-13/h3-10H,11H2,1-2H3,(H,19,23)(H,20,21,22)/b10-9-. The molecular formula is C18H18N4O3. The molecule has 0 fully saturated rings. The van der Waals surface area contributed by atoms with Gasteiger partial charge in [0, 0.05) is 11.6 Å². The number of nitrogens with one attached hydrogen (secondary N) is 2. The minimum Gasteiger partial charge on any atom is -0.497 e. The van der Waals surface area contributed by atoms with Gasteiger partial charge in [-0.25, -0.2) is 4.98 Å². The Morgan fingerprint density at radius 2 is 2.08 bits per heavy atom. The molecule has 2 aromatic heterocycles. The van der Waals surface area contributed by atoms with Crippen molar-refractivity contribution in [1.29, 1.82) is 0 Å². The van der Waals surface area contributed by atoms with Crippen LogP contribution in [0.15, 0.2) is 46.9 Å². The Balaban J connectivity index is 1.55. The summed E-state index contributed by atoms with van der Waals surface area (Å²) in [5, 5.41) is 9.71. The fourth-order valence-corrected chi connectivity index (χ4v) is 2.17. The van der Waals surface area contributed by atoms with E-state index in [0.717, 1.165) is 17.1 Å². The van der Waals surface area contributed by atoms with Crippen LogP contribution in [0.1, 0.15) is 17.3 Å². The zero-order valence-electron chi connectivity index (χ0n) is 13.9. The maximum Gasteiger partial charge on any atom is 0.244 e. The number of furan rings is 1. The molecule has 0 saturated carbocycles. The molecule has 1 aromatic carbocycles. The van der Waals surface area contributed by atoms with Gasteiger partial charge in [0.15, 0.2) is 5.82 Å². The van der Waals surface area contributed by atoms with Gasteiger partial charge in [0.1, 0.15) is 23.1 Å². The maximum absolute atomic E-state index is 11.8. The smallest absolute Gasteiger partial charge is 0.244 e. The van der Waals surface area contributed by atoms with Crippen molar-refractivity contribution in [2.75, 3.05) is 7.11 Å². The molecule has 0 atom stereocenters. The van der Waals surface area contributed by atoms with Gasteiger partial charge in [-0.05, 0) is 49.4 Å². The van der Waals surface area contributed by atoms with Crippen LogP contribution < -0.4 is 10.1 Å². The number of nitrogens with zero attached hydrogens (tertiary/aromatic N) is 2. The van der Waals surface area contributed by atoms with E-state index in [1.165, 1.54) is 6.08 Å².